The largest absolute Gasteiger partial charge is 0.361 e. The van der Waals surface area contributed by atoms with Crippen molar-refractivity contribution in [2.75, 3.05) is 31.1 Å². The first kappa shape index (κ1) is 16.4. The quantitative estimate of drug-likeness (QED) is 0.776. The van der Waals surface area contributed by atoms with E-state index in [1.165, 1.54) is 21.7 Å². The van der Waals surface area contributed by atoms with Crippen LogP contribution < -0.4 is 4.90 Å². The molecule has 5 nitrogen and oxygen atoms in total. The van der Waals surface area contributed by atoms with Crippen molar-refractivity contribution in [1.82, 2.24) is 4.31 Å². The zero-order valence-electron chi connectivity index (χ0n) is 12.2. The Hall–Kier alpha value is -1.41. The van der Waals surface area contributed by atoms with Crippen LogP contribution in [0.15, 0.2) is 41.3 Å². The molecule has 8 heteroatoms. The number of benzene rings is 1. The van der Waals surface area contributed by atoms with Gasteiger partial charge in [0.1, 0.15) is 4.90 Å². The van der Waals surface area contributed by atoms with E-state index in [4.69, 9.17) is 11.6 Å². The van der Waals surface area contributed by atoms with Crippen molar-refractivity contribution >= 4 is 44.2 Å². The molecule has 1 aromatic heterocycles. The van der Waals surface area contributed by atoms with E-state index in [-0.39, 0.29) is 9.92 Å². The van der Waals surface area contributed by atoms with Gasteiger partial charge in [-0.1, -0.05) is 23.7 Å². The highest BCUT2D eigenvalue weighted by Crippen LogP contribution is 2.28. The van der Waals surface area contributed by atoms with E-state index in [1.807, 2.05) is 6.07 Å². The highest BCUT2D eigenvalue weighted by atomic mass is 35.5. The van der Waals surface area contributed by atoms with Crippen LogP contribution in [0.3, 0.4) is 0 Å². The Balaban J connectivity index is 1.73. The SMILES string of the molecule is O=Cc1ccc(N2CCN(S(=O)(=O)c3ccccc3Cl)CC2)s1. The summed E-state index contributed by atoms with van der Waals surface area (Å²) in [4.78, 5) is 13.7. The highest BCUT2D eigenvalue weighted by molar-refractivity contribution is 7.89. The average molecular weight is 371 g/mol. The smallest absolute Gasteiger partial charge is 0.244 e. The molecule has 2 heterocycles. The normalized spacial score (nSPS) is 16.5. The molecule has 0 atom stereocenters. The summed E-state index contributed by atoms with van der Waals surface area (Å²) in [5.74, 6) is 0. The van der Waals surface area contributed by atoms with E-state index in [9.17, 15) is 13.2 Å². The van der Waals surface area contributed by atoms with Crippen molar-refractivity contribution < 1.29 is 13.2 Å². The lowest BCUT2D eigenvalue weighted by Gasteiger charge is -2.34. The molecule has 1 saturated heterocycles. The Morgan fingerprint density at radius 3 is 2.35 bits per heavy atom. The summed E-state index contributed by atoms with van der Waals surface area (Å²) in [7, 11) is -3.58. The van der Waals surface area contributed by atoms with Gasteiger partial charge in [0.25, 0.3) is 0 Å². The first-order chi connectivity index (χ1) is 11.0. The zero-order chi connectivity index (χ0) is 16.4. The van der Waals surface area contributed by atoms with Gasteiger partial charge >= 0.3 is 0 Å². The van der Waals surface area contributed by atoms with Crippen molar-refractivity contribution in [2.24, 2.45) is 0 Å². The minimum atomic E-state index is -3.58. The molecule has 2 aromatic rings. The molecule has 0 spiro atoms. The lowest BCUT2D eigenvalue weighted by atomic mass is 10.4. The van der Waals surface area contributed by atoms with E-state index >= 15 is 0 Å². The molecule has 122 valence electrons. The molecule has 0 radical (unpaired) electrons. The molecule has 0 amide bonds. The summed E-state index contributed by atoms with van der Waals surface area (Å²) in [5.41, 5.74) is 0. The molecule has 23 heavy (non-hydrogen) atoms. The van der Waals surface area contributed by atoms with Crippen molar-refractivity contribution in [3.63, 3.8) is 0 Å². The third kappa shape index (κ3) is 3.28. The molecule has 0 saturated carbocycles. The number of carbonyl (C=O) groups is 1. The molecule has 0 bridgehead atoms. The summed E-state index contributed by atoms with van der Waals surface area (Å²) in [6.45, 7) is 1.95. The van der Waals surface area contributed by atoms with E-state index in [2.05, 4.69) is 4.90 Å². The molecule has 1 aliphatic rings. The van der Waals surface area contributed by atoms with Crippen molar-refractivity contribution in [1.29, 1.82) is 0 Å². The van der Waals surface area contributed by atoms with Crippen LogP contribution in [-0.4, -0.2) is 45.2 Å². The summed E-state index contributed by atoms with van der Waals surface area (Å²) in [6.07, 6.45) is 0.826. The molecule has 1 aromatic carbocycles. The van der Waals surface area contributed by atoms with Gasteiger partial charge in [0.2, 0.25) is 10.0 Å². The fourth-order valence-electron chi connectivity index (χ4n) is 2.52. The fraction of sp³-hybridized carbons (Fsp3) is 0.267. The summed E-state index contributed by atoms with van der Waals surface area (Å²) in [5, 5.41) is 1.23. The summed E-state index contributed by atoms with van der Waals surface area (Å²) < 4.78 is 26.8. The van der Waals surface area contributed by atoms with Gasteiger partial charge in [0.05, 0.1) is 14.9 Å². The molecule has 1 aliphatic heterocycles. The predicted molar refractivity (Wildman–Crippen MR) is 92.1 cm³/mol. The molecule has 0 N–H and O–H groups in total. The monoisotopic (exact) mass is 370 g/mol. The first-order valence-electron chi connectivity index (χ1n) is 7.07. The van der Waals surface area contributed by atoms with Crippen LogP contribution in [0.5, 0.6) is 0 Å². The van der Waals surface area contributed by atoms with E-state index in [1.54, 1.807) is 24.3 Å². The maximum Gasteiger partial charge on any atom is 0.244 e. The lowest BCUT2D eigenvalue weighted by molar-refractivity contribution is 0.112. The van der Waals surface area contributed by atoms with Crippen molar-refractivity contribution in [2.45, 2.75) is 4.90 Å². The number of halogens is 1. The fourth-order valence-corrected chi connectivity index (χ4v) is 5.31. The van der Waals surface area contributed by atoms with Crippen LogP contribution in [-0.2, 0) is 10.0 Å². The van der Waals surface area contributed by atoms with Gasteiger partial charge in [-0.15, -0.1) is 11.3 Å². The predicted octanol–water partition coefficient (Wildman–Crippen LogP) is 2.72. The zero-order valence-corrected chi connectivity index (χ0v) is 14.6. The van der Waals surface area contributed by atoms with Gasteiger partial charge in [0.15, 0.2) is 6.29 Å². The molecule has 0 unspecified atom stereocenters. The van der Waals surface area contributed by atoms with Crippen molar-refractivity contribution in [3.8, 4) is 0 Å². The Kier molecular flexibility index (Phi) is 4.72. The van der Waals surface area contributed by atoms with Crippen LogP contribution >= 0.6 is 22.9 Å². The second-order valence-corrected chi connectivity index (χ2v) is 8.52. The van der Waals surface area contributed by atoms with E-state index in [0.29, 0.717) is 31.1 Å². The number of sulfonamides is 1. The topological polar surface area (TPSA) is 57.7 Å². The van der Waals surface area contributed by atoms with Gasteiger partial charge in [-0.25, -0.2) is 8.42 Å². The number of carbonyl (C=O) groups excluding carboxylic acids is 1. The third-order valence-corrected chi connectivity index (χ3v) is 7.20. The Morgan fingerprint density at radius 1 is 1.04 bits per heavy atom. The number of piperazine rings is 1. The summed E-state index contributed by atoms with van der Waals surface area (Å²) >= 11 is 7.44. The number of anilines is 1. The van der Waals surface area contributed by atoms with Gasteiger partial charge in [0, 0.05) is 26.2 Å². The van der Waals surface area contributed by atoms with Gasteiger partial charge in [-0.3, -0.25) is 4.79 Å². The third-order valence-electron chi connectivity index (χ3n) is 3.73. The number of rotatable bonds is 4. The minimum Gasteiger partial charge on any atom is -0.361 e. The maximum atomic E-state index is 12.7. The van der Waals surface area contributed by atoms with Crippen LogP contribution in [0.25, 0.3) is 0 Å². The number of thiophene rings is 1. The molecule has 3 rings (SSSR count). The molecular weight excluding hydrogens is 356 g/mol. The highest BCUT2D eigenvalue weighted by Gasteiger charge is 2.30. The van der Waals surface area contributed by atoms with Crippen LogP contribution in [0.1, 0.15) is 9.67 Å². The van der Waals surface area contributed by atoms with Crippen LogP contribution in [0.4, 0.5) is 5.00 Å². The Labute approximate surface area is 144 Å². The average Bonchev–Trinajstić information content (AvgIpc) is 3.04. The minimum absolute atomic E-state index is 0.148. The number of hydrogen-bond donors (Lipinski definition) is 0. The lowest BCUT2D eigenvalue weighted by Crippen LogP contribution is -2.48. The second kappa shape index (κ2) is 6.60. The first-order valence-corrected chi connectivity index (χ1v) is 9.70. The molecular formula is C15H15ClN2O3S2. The van der Waals surface area contributed by atoms with Crippen molar-refractivity contribution in [3.05, 3.63) is 46.3 Å². The summed E-state index contributed by atoms with van der Waals surface area (Å²) in [6, 6.07) is 10.2. The van der Waals surface area contributed by atoms with Gasteiger partial charge < -0.3 is 4.90 Å². The Morgan fingerprint density at radius 2 is 1.74 bits per heavy atom. The second-order valence-electron chi connectivity index (χ2n) is 5.12. The van der Waals surface area contributed by atoms with E-state index < -0.39 is 10.0 Å². The maximum absolute atomic E-state index is 12.7. The number of nitrogens with zero attached hydrogens (tertiary/aromatic N) is 2. The van der Waals surface area contributed by atoms with Crippen LogP contribution in [0, 0.1) is 0 Å². The standard InChI is InChI=1S/C15H15ClN2O3S2/c16-13-3-1-2-4-14(13)23(20,21)18-9-7-17(8-10-18)15-6-5-12(11-19)22-15/h1-6,11H,7-10H2. The van der Waals surface area contributed by atoms with Gasteiger partial charge in [-0.05, 0) is 24.3 Å². The number of hydrogen-bond acceptors (Lipinski definition) is 5. The van der Waals surface area contributed by atoms with Crippen LogP contribution in [0.2, 0.25) is 5.02 Å². The number of aldehydes is 1. The molecule has 0 aliphatic carbocycles. The molecule has 1 fully saturated rings. The van der Waals surface area contributed by atoms with Gasteiger partial charge in [-0.2, -0.15) is 4.31 Å². The van der Waals surface area contributed by atoms with E-state index in [0.717, 1.165) is 11.3 Å². The Bertz CT molecular complexity index is 812.